The summed E-state index contributed by atoms with van der Waals surface area (Å²) in [6, 6.07) is 0. The Balaban J connectivity index is 2.20. The van der Waals surface area contributed by atoms with Gasteiger partial charge in [-0.1, -0.05) is 19.8 Å². The van der Waals surface area contributed by atoms with Crippen molar-refractivity contribution in [2.24, 2.45) is 0 Å². The predicted octanol–water partition coefficient (Wildman–Crippen LogP) is 2.39. The maximum absolute atomic E-state index is 9.52. The summed E-state index contributed by atoms with van der Waals surface area (Å²) in [7, 11) is 0. The van der Waals surface area contributed by atoms with E-state index >= 15 is 0 Å². The van der Waals surface area contributed by atoms with Crippen LogP contribution in [0.25, 0.3) is 0 Å². The minimum absolute atomic E-state index is 0.0815. The normalized spacial score (nSPS) is 21.5. The van der Waals surface area contributed by atoms with Crippen LogP contribution in [0, 0.1) is 0 Å². The standard InChI is InChI=1S/C15H32N2O/c1-3-10-16-15(2,14-18)9-8-13-17-11-6-4-5-7-12-17/h16,18H,3-14H2,1-2H3. The molecule has 1 saturated heterocycles. The van der Waals surface area contributed by atoms with Crippen LogP contribution in [0.1, 0.15) is 58.8 Å². The van der Waals surface area contributed by atoms with Gasteiger partial charge in [0.25, 0.3) is 0 Å². The highest BCUT2D eigenvalue weighted by Gasteiger charge is 2.22. The van der Waals surface area contributed by atoms with Crippen molar-refractivity contribution in [3.05, 3.63) is 0 Å². The third-order valence-corrected chi connectivity index (χ3v) is 4.05. The van der Waals surface area contributed by atoms with E-state index in [0.717, 1.165) is 19.4 Å². The molecular weight excluding hydrogens is 224 g/mol. The fraction of sp³-hybridized carbons (Fsp3) is 1.00. The number of likely N-dealkylation sites (tertiary alicyclic amines) is 1. The van der Waals surface area contributed by atoms with Crippen LogP contribution in [0.15, 0.2) is 0 Å². The zero-order chi connectivity index (χ0) is 13.3. The van der Waals surface area contributed by atoms with Crippen molar-refractivity contribution in [1.29, 1.82) is 0 Å². The lowest BCUT2D eigenvalue weighted by atomic mass is 9.96. The van der Waals surface area contributed by atoms with E-state index in [-0.39, 0.29) is 12.1 Å². The molecule has 1 atom stereocenters. The van der Waals surface area contributed by atoms with Gasteiger partial charge in [-0.25, -0.2) is 0 Å². The molecule has 0 amide bonds. The van der Waals surface area contributed by atoms with Crippen LogP contribution in [0.3, 0.4) is 0 Å². The number of hydrogen-bond donors (Lipinski definition) is 2. The second kappa shape index (κ2) is 8.89. The maximum atomic E-state index is 9.52. The Labute approximate surface area is 113 Å². The number of rotatable bonds is 8. The van der Waals surface area contributed by atoms with Crippen molar-refractivity contribution >= 4 is 0 Å². The molecule has 1 aliphatic heterocycles. The van der Waals surface area contributed by atoms with Crippen molar-refractivity contribution in [3.8, 4) is 0 Å². The van der Waals surface area contributed by atoms with E-state index in [1.807, 2.05) is 0 Å². The minimum atomic E-state index is -0.0815. The van der Waals surface area contributed by atoms with E-state index in [1.165, 1.54) is 51.7 Å². The number of aliphatic hydroxyl groups is 1. The Morgan fingerprint density at radius 3 is 2.39 bits per heavy atom. The first-order valence-corrected chi connectivity index (χ1v) is 7.78. The highest BCUT2D eigenvalue weighted by molar-refractivity contribution is 4.82. The fourth-order valence-electron chi connectivity index (χ4n) is 2.70. The van der Waals surface area contributed by atoms with Crippen molar-refractivity contribution < 1.29 is 5.11 Å². The summed E-state index contributed by atoms with van der Waals surface area (Å²) in [5, 5.41) is 13.0. The van der Waals surface area contributed by atoms with E-state index in [2.05, 4.69) is 24.1 Å². The van der Waals surface area contributed by atoms with Gasteiger partial charge in [0.1, 0.15) is 0 Å². The van der Waals surface area contributed by atoms with E-state index in [9.17, 15) is 5.11 Å². The average molecular weight is 256 g/mol. The average Bonchev–Trinajstić information content (AvgIpc) is 2.65. The highest BCUT2D eigenvalue weighted by atomic mass is 16.3. The van der Waals surface area contributed by atoms with Crippen LogP contribution in [0.2, 0.25) is 0 Å². The molecule has 0 aliphatic carbocycles. The van der Waals surface area contributed by atoms with Crippen molar-refractivity contribution in [1.82, 2.24) is 10.2 Å². The van der Waals surface area contributed by atoms with Gasteiger partial charge in [0.2, 0.25) is 0 Å². The van der Waals surface area contributed by atoms with Gasteiger partial charge in [0.15, 0.2) is 0 Å². The zero-order valence-corrected chi connectivity index (χ0v) is 12.4. The Kier molecular flexibility index (Phi) is 7.87. The van der Waals surface area contributed by atoms with Gasteiger partial charge in [0, 0.05) is 5.54 Å². The topological polar surface area (TPSA) is 35.5 Å². The second-order valence-corrected chi connectivity index (χ2v) is 6.00. The Bertz CT molecular complexity index is 203. The van der Waals surface area contributed by atoms with Gasteiger partial charge in [-0.05, 0) is 65.2 Å². The van der Waals surface area contributed by atoms with Gasteiger partial charge in [0.05, 0.1) is 6.61 Å². The second-order valence-electron chi connectivity index (χ2n) is 6.00. The van der Waals surface area contributed by atoms with Crippen molar-refractivity contribution in [2.75, 3.05) is 32.8 Å². The number of nitrogens with one attached hydrogen (secondary N) is 1. The minimum Gasteiger partial charge on any atom is -0.394 e. The summed E-state index contributed by atoms with van der Waals surface area (Å²) in [5.41, 5.74) is -0.0815. The summed E-state index contributed by atoms with van der Waals surface area (Å²) < 4.78 is 0. The van der Waals surface area contributed by atoms with Crippen LogP contribution in [0.5, 0.6) is 0 Å². The van der Waals surface area contributed by atoms with Crippen LogP contribution >= 0.6 is 0 Å². The Morgan fingerprint density at radius 2 is 1.83 bits per heavy atom. The van der Waals surface area contributed by atoms with E-state index < -0.39 is 0 Å². The van der Waals surface area contributed by atoms with E-state index in [1.54, 1.807) is 0 Å². The Morgan fingerprint density at radius 1 is 1.17 bits per heavy atom. The largest absolute Gasteiger partial charge is 0.394 e. The van der Waals surface area contributed by atoms with Crippen molar-refractivity contribution in [3.63, 3.8) is 0 Å². The lowest BCUT2D eigenvalue weighted by molar-refractivity contribution is 0.157. The van der Waals surface area contributed by atoms with Crippen LogP contribution in [0.4, 0.5) is 0 Å². The molecule has 1 rings (SSSR count). The van der Waals surface area contributed by atoms with Gasteiger partial charge in [-0.3, -0.25) is 0 Å². The van der Waals surface area contributed by atoms with Gasteiger partial charge < -0.3 is 15.3 Å². The number of hydrogen-bond acceptors (Lipinski definition) is 3. The molecule has 3 nitrogen and oxygen atoms in total. The predicted molar refractivity (Wildman–Crippen MR) is 77.9 cm³/mol. The van der Waals surface area contributed by atoms with Gasteiger partial charge in [-0.15, -0.1) is 0 Å². The lowest BCUT2D eigenvalue weighted by Gasteiger charge is -2.30. The molecule has 0 bridgehead atoms. The highest BCUT2D eigenvalue weighted by Crippen LogP contribution is 2.14. The number of nitrogens with zero attached hydrogens (tertiary/aromatic N) is 1. The van der Waals surface area contributed by atoms with Crippen LogP contribution in [-0.2, 0) is 0 Å². The fourth-order valence-corrected chi connectivity index (χ4v) is 2.70. The molecule has 2 N–H and O–H groups in total. The molecule has 1 unspecified atom stereocenters. The third-order valence-electron chi connectivity index (χ3n) is 4.05. The molecule has 3 heteroatoms. The molecule has 1 heterocycles. The lowest BCUT2D eigenvalue weighted by Crippen LogP contribution is -2.46. The first kappa shape index (κ1) is 15.9. The summed E-state index contributed by atoms with van der Waals surface area (Å²) in [4.78, 5) is 2.60. The molecule has 108 valence electrons. The smallest absolute Gasteiger partial charge is 0.0610 e. The van der Waals surface area contributed by atoms with Crippen molar-refractivity contribution in [2.45, 2.75) is 64.3 Å². The monoisotopic (exact) mass is 256 g/mol. The quantitative estimate of drug-likeness (QED) is 0.700. The first-order valence-electron chi connectivity index (χ1n) is 7.78. The van der Waals surface area contributed by atoms with E-state index in [4.69, 9.17) is 0 Å². The van der Waals surface area contributed by atoms with Crippen LogP contribution in [-0.4, -0.2) is 48.3 Å². The zero-order valence-electron chi connectivity index (χ0n) is 12.4. The van der Waals surface area contributed by atoms with Crippen LogP contribution < -0.4 is 5.32 Å². The molecule has 1 fully saturated rings. The summed E-state index contributed by atoms with van der Waals surface area (Å²) >= 11 is 0. The molecule has 18 heavy (non-hydrogen) atoms. The molecule has 0 spiro atoms. The molecule has 0 aromatic rings. The van der Waals surface area contributed by atoms with Gasteiger partial charge in [-0.2, -0.15) is 0 Å². The molecule has 1 aliphatic rings. The molecular formula is C15H32N2O. The number of aliphatic hydroxyl groups excluding tert-OH is 1. The van der Waals surface area contributed by atoms with Gasteiger partial charge >= 0.3 is 0 Å². The summed E-state index contributed by atoms with van der Waals surface area (Å²) in [6.07, 6.45) is 8.93. The Hall–Kier alpha value is -0.120. The summed E-state index contributed by atoms with van der Waals surface area (Å²) in [6.45, 7) is 9.31. The maximum Gasteiger partial charge on any atom is 0.0610 e. The molecule has 0 aromatic carbocycles. The molecule has 0 saturated carbocycles. The first-order chi connectivity index (χ1) is 8.70. The third kappa shape index (κ3) is 6.17. The SMILES string of the molecule is CCCNC(C)(CO)CCCN1CCCCCC1. The van der Waals surface area contributed by atoms with E-state index in [0.29, 0.717) is 0 Å². The molecule has 0 radical (unpaired) electrons. The summed E-state index contributed by atoms with van der Waals surface area (Å²) in [5.74, 6) is 0. The molecule has 0 aromatic heterocycles.